The fourth-order valence-electron chi connectivity index (χ4n) is 5.00. The van der Waals surface area contributed by atoms with Crippen molar-refractivity contribution in [2.75, 3.05) is 30.7 Å². The molecule has 1 aromatic heterocycles. The molecule has 1 aliphatic carbocycles. The third-order valence-electron chi connectivity index (χ3n) is 7.20. The predicted octanol–water partition coefficient (Wildman–Crippen LogP) is 4.01. The van der Waals surface area contributed by atoms with Crippen molar-refractivity contribution in [1.29, 1.82) is 5.41 Å². The molecular weight excluding hydrogens is 550 g/mol. The first-order valence-electron chi connectivity index (χ1n) is 13.7. The number of likely N-dealkylation sites (tertiary alicyclic amines) is 1. The van der Waals surface area contributed by atoms with Gasteiger partial charge in [-0.2, -0.15) is 0 Å². The normalized spacial score (nSPS) is 23.1. The second-order valence-electron chi connectivity index (χ2n) is 10.5. The number of nitrogens with one attached hydrogen (secondary N) is 3. The van der Waals surface area contributed by atoms with Gasteiger partial charge in [0.1, 0.15) is 18.2 Å². The van der Waals surface area contributed by atoms with E-state index in [1.807, 2.05) is 19.9 Å². The monoisotopic (exact) mass is 583 g/mol. The molecular formula is C32H34ClN7O2. The zero-order chi connectivity index (χ0) is 30.3. The zero-order valence-corrected chi connectivity index (χ0v) is 24.6. The van der Waals surface area contributed by atoms with E-state index < -0.39 is 5.54 Å². The van der Waals surface area contributed by atoms with Crippen molar-refractivity contribution in [3.8, 4) is 23.7 Å². The molecule has 2 aliphatic heterocycles. The summed E-state index contributed by atoms with van der Waals surface area (Å²) in [6.07, 6.45) is 10.7. The Morgan fingerprint density at radius 2 is 2.05 bits per heavy atom. The number of amidine groups is 1. The molecule has 1 fully saturated rings. The second kappa shape index (κ2) is 13.4. The van der Waals surface area contributed by atoms with Gasteiger partial charge in [-0.3, -0.25) is 20.0 Å². The van der Waals surface area contributed by atoms with Gasteiger partial charge in [0.2, 0.25) is 5.91 Å². The van der Waals surface area contributed by atoms with E-state index in [2.05, 4.69) is 50.9 Å². The Morgan fingerprint density at radius 1 is 1.26 bits per heavy atom. The number of anilines is 2. The van der Waals surface area contributed by atoms with Crippen molar-refractivity contribution in [2.24, 2.45) is 4.99 Å². The molecule has 0 spiro atoms. The molecule has 0 aromatic carbocycles. The summed E-state index contributed by atoms with van der Waals surface area (Å²) in [7, 11) is 0. The summed E-state index contributed by atoms with van der Waals surface area (Å²) in [5, 5.41) is 15.8. The summed E-state index contributed by atoms with van der Waals surface area (Å²) in [5.74, 6) is 12.0. The smallest absolute Gasteiger partial charge is 0.253 e. The van der Waals surface area contributed by atoms with E-state index >= 15 is 0 Å². The highest BCUT2D eigenvalue weighted by molar-refractivity contribution is 6.35. The Hall–Kier alpha value is -4.60. The number of piperidine rings is 1. The van der Waals surface area contributed by atoms with Crippen LogP contribution < -0.4 is 16.4 Å². The maximum atomic E-state index is 13.1. The lowest BCUT2D eigenvalue weighted by molar-refractivity contribution is -0.127. The van der Waals surface area contributed by atoms with Crippen LogP contribution in [0.15, 0.2) is 58.3 Å². The quantitative estimate of drug-likeness (QED) is 0.228. The van der Waals surface area contributed by atoms with Gasteiger partial charge < -0.3 is 21.3 Å². The molecule has 1 aromatic rings. The van der Waals surface area contributed by atoms with Crippen molar-refractivity contribution < 1.29 is 9.59 Å². The Kier molecular flexibility index (Phi) is 9.67. The molecule has 10 heteroatoms. The first kappa shape index (κ1) is 30.4. The molecule has 3 heterocycles. The number of carbonyl (C=O) groups is 2. The summed E-state index contributed by atoms with van der Waals surface area (Å²) in [4.78, 5) is 35.9. The SMILES string of the molecule is C=CC(=O)N1CCCC(C)(Nc2c(C)cnc(N)c2C(=N)/C2=C(Cl)/C=C(/C(=O)NC3=NCC#CCC=C3)CC#CC2)C1. The summed E-state index contributed by atoms with van der Waals surface area (Å²) >= 11 is 6.78. The van der Waals surface area contributed by atoms with E-state index in [4.69, 9.17) is 17.3 Å². The fourth-order valence-corrected chi connectivity index (χ4v) is 5.29. The van der Waals surface area contributed by atoms with Crippen molar-refractivity contribution in [1.82, 2.24) is 15.2 Å². The predicted molar refractivity (Wildman–Crippen MR) is 168 cm³/mol. The van der Waals surface area contributed by atoms with Gasteiger partial charge in [-0.15, -0.1) is 0 Å². The molecule has 0 bridgehead atoms. The van der Waals surface area contributed by atoms with E-state index in [9.17, 15) is 15.0 Å². The van der Waals surface area contributed by atoms with E-state index in [0.717, 1.165) is 18.4 Å². The number of hydrogen-bond donors (Lipinski definition) is 4. The van der Waals surface area contributed by atoms with E-state index in [1.54, 1.807) is 23.2 Å². The minimum Gasteiger partial charge on any atom is -0.383 e. The minimum atomic E-state index is -0.478. The van der Waals surface area contributed by atoms with Crippen LogP contribution in [0.4, 0.5) is 11.5 Å². The van der Waals surface area contributed by atoms with Crippen LogP contribution in [0.3, 0.4) is 0 Å². The van der Waals surface area contributed by atoms with Gasteiger partial charge in [0, 0.05) is 54.7 Å². The molecule has 9 nitrogen and oxygen atoms in total. The molecule has 2 amide bonds. The van der Waals surface area contributed by atoms with Gasteiger partial charge in [-0.1, -0.05) is 47.9 Å². The van der Waals surface area contributed by atoms with Gasteiger partial charge in [0.15, 0.2) is 0 Å². The van der Waals surface area contributed by atoms with Crippen molar-refractivity contribution in [3.05, 3.63) is 64.4 Å². The van der Waals surface area contributed by atoms with Crippen LogP contribution >= 0.6 is 11.6 Å². The highest BCUT2D eigenvalue weighted by Crippen LogP contribution is 2.34. The van der Waals surface area contributed by atoms with Crippen LogP contribution in [-0.4, -0.2) is 58.4 Å². The Morgan fingerprint density at radius 3 is 2.83 bits per heavy atom. The van der Waals surface area contributed by atoms with Crippen molar-refractivity contribution in [2.45, 2.75) is 51.5 Å². The van der Waals surface area contributed by atoms with Gasteiger partial charge in [0.25, 0.3) is 5.91 Å². The molecule has 42 heavy (non-hydrogen) atoms. The average Bonchev–Trinajstić information content (AvgIpc) is 2.93. The van der Waals surface area contributed by atoms with Crippen LogP contribution in [0.1, 0.15) is 50.2 Å². The first-order valence-corrected chi connectivity index (χ1v) is 14.1. The second-order valence-corrected chi connectivity index (χ2v) is 10.9. The number of pyridine rings is 1. The summed E-state index contributed by atoms with van der Waals surface area (Å²) in [6, 6.07) is 0. The van der Waals surface area contributed by atoms with Crippen molar-refractivity contribution >= 4 is 46.5 Å². The maximum absolute atomic E-state index is 13.1. The number of carbonyl (C=O) groups excluding carboxylic acids is 2. The van der Waals surface area contributed by atoms with Gasteiger partial charge in [-0.05, 0) is 50.5 Å². The van der Waals surface area contributed by atoms with Crippen LogP contribution in [0.2, 0.25) is 0 Å². The third kappa shape index (κ3) is 7.18. The summed E-state index contributed by atoms with van der Waals surface area (Å²) in [5.41, 5.74) is 8.57. The number of aromatic nitrogens is 1. The summed E-state index contributed by atoms with van der Waals surface area (Å²) in [6.45, 7) is 8.97. The average molecular weight is 584 g/mol. The number of nitrogens with two attached hydrogens (primary N) is 1. The number of nitrogens with zero attached hydrogens (tertiary/aromatic N) is 3. The zero-order valence-electron chi connectivity index (χ0n) is 23.9. The molecule has 1 saturated heterocycles. The van der Waals surface area contributed by atoms with Crippen molar-refractivity contribution in [3.63, 3.8) is 0 Å². The first-order chi connectivity index (χ1) is 20.1. The number of halogens is 1. The number of amides is 2. The minimum absolute atomic E-state index is 0.0627. The molecule has 216 valence electrons. The Balaban J connectivity index is 1.66. The number of rotatable bonds is 6. The maximum Gasteiger partial charge on any atom is 0.253 e. The molecule has 1 atom stereocenters. The topological polar surface area (TPSA) is 137 Å². The molecule has 3 aliphatic rings. The van der Waals surface area contributed by atoms with Gasteiger partial charge >= 0.3 is 0 Å². The van der Waals surface area contributed by atoms with Crippen LogP contribution in [0.5, 0.6) is 0 Å². The number of allylic oxidation sites excluding steroid dienone is 4. The molecule has 0 radical (unpaired) electrons. The van der Waals surface area contributed by atoms with Gasteiger partial charge in [0.05, 0.1) is 22.5 Å². The van der Waals surface area contributed by atoms with Crippen LogP contribution in [-0.2, 0) is 9.59 Å². The van der Waals surface area contributed by atoms with Gasteiger partial charge in [-0.25, -0.2) is 4.98 Å². The number of nitrogen functional groups attached to an aromatic ring is 1. The molecule has 1 unspecified atom stereocenters. The number of aryl methyl sites for hydroxylation is 1. The lowest BCUT2D eigenvalue weighted by Gasteiger charge is -2.42. The molecule has 5 N–H and O–H groups in total. The number of hydrogen-bond acceptors (Lipinski definition) is 7. The summed E-state index contributed by atoms with van der Waals surface area (Å²) < 4.78 is 0. The standard InChI is InChI=1S/C32H34ClN7O2/c1-4-26(41)40-17-11-15-32(3,20-40)39-29-21(2)19-37-30(35)27(29)28(34)23-13-9-8-12-22(18-24(23)33)31(42)38-25-14-7-5-6-10-16-36-25/h4,7,14,18-19,34H,1,5,11-13,15-17,20H2,2-3H3,(H3,35,37,39)(H,36,38,42)/b14-7?,22-18+,24-23-,34-28?. The van der Waals surface area contributed by atoms with E-state index in [0.29, 0.717) is 54.3 Å². The number of aliphatic imine (C=N–C) groups is 1. The fraction of sp³-hybridized carbons (Fsp3) is 0.344. The van der Waals surface area contributed by atoms with E-state index in [1.165, 1.54) is 6.08 Å². The Bertz CT molecular complexity index is 1580. The van der Waals surface area contributed by atoms with E-state index in [-0.39, 0.29) is 41.2 Å². The highest BCUT2D eigenvalue weighted by Gasteiger charge is 2.34. The largest absolute Gasteiger partial charge is 0.383 e. The molecule has 0 saturated carbocycles. The highest BCUT2D eigenvalue weighted by atomic mass is 35.5. The molecule has 4 rings (SSSR count). The van der Waals surface area contributed by atoms with Crippen LogP contribution in [0.25, 0.3) is 0 Å². The lowest BCUT2D eigenvalue weighted by Crippen LogP contribution is -2.52. The Labute approximate surface area is 251 Å². The van der Waals surface area contributed by atoms with Crippen LogP contribution in [0, 0.1) is 36.0 Å². The lowest BCUT2D eigenvalue weighted by atomic mass is 9.88. The third-order valence-corrected chi connectivity index (χ3v) is 7.54.